The Balaban J connectivity index is 2.66. The Labute approximate surface area is 83.7 Å². The summed E-state index contributed by atoms with van der Waals surface area (Å²) in [5, 5.41) is 0. The molecule has 0 radical (unpaired) electrons. The standard InChI is InChI=1S/C11H14O3/c1-5-7(2)6-13-11-9(4)8(3)10(12)14-11/h5-6,11H,1H2,2-4H3. The van der Waals surface area contributed by atoms with Crippen molar-refractivity contribution in [2.24, 2.45) is 0 Å². The minimum Gasteiger partial charge on any atom is -0.458 e. The Morgan fingerprint density at radius 2 is 2.21 bits per heavy atom. The summed E-state index contributed by atoms with van der Waals surface area (Å²) in [5.74, 6) is -0.308. The number of cyclic esters (lactones) is 1. The van der Waals surface area contributed by atoms with Gasteiger partial charge in [-0.15, -0.1) is 0 Å². The van der Waals surface area contributed by atoms with Crippen molar-refractivity contribution in [1.82, 2.24) is 0 Å². The van der Waals surface area contributed by atoms with E-state index in [1.165, 1.54) is 6.26 Å². The van der Waals surface area contributed by atoms with Crippen LogP contribution in [0.4, 0.5) is 0 Å². The molecular formula is C11H14O3. The summed E-state index contributed by atoms with van der Waals surface area (Å²) in [6.07, 6.45) is 2.63. The molecule has 0 aromatic carbocycles. The SMILES string of the molecule is C=CC(C)=COC1OC(=O)C(C)=C1C. The van der Waals surface area contributed by atoms with Crippen LogP contribution in [-0.2, 0) is 14.3 Å². The molecule has 0 aliphatic carbocycles. The van der Waals surface area contributed by atoms with Gasteiger partial charge in [0.25, 0.3) is 6.29 Å². The zero-order chi connectivity index (χ0) is 10.7. The molecule has 3 nitrogen and oxygen atoms in total. The Morgan fingerprint density at radius 3 is 2.64 bits per heavy atom. The fourth-order valence-electron chi connectivity index (χ4n) is 0.959. The maximum atomic E-state index is 11.1. The van der Waals surface area contributed by atoms with Gasteiger partial charge in [0.15, 0.2) is 0 Å². The molecule has 1 aliphatic rings. The molecule has 14 heavy (non-hydrogen) atoms. The number of rotatable bonds is 3. The smallest absolute Gasteiger partial charge is 0.337 e. The van der Waals surface area contributed by atoms with E-state index in [-0.39, 0.29) is 5.97 Å². The first kappa shape index (κ1) is 10.6. The van der Waals surface area contributed by atoms with E-state index in [1.54, 1.807) is 13.0 Å². The predicted octanol–water partition coefficient (Wildman–Crippen LogP) is 2.31. The summed E-state index contributed by atoms with van der Waals surface area (Å²) in [5.41, 5.74) is 2.33. The molecule has 0 spiro atoms. The molecule has 0 amide bonds. The van der Waals surface area contributed by atoms with Gasteiger partial charge in [0.05, 0.1) is 6.26 Å². The number of hydrogen-bond donors (Lipinski definition) is 0. The van der Waals surface area contributed by atoms with Gasteiger partial charge in [0.2, 0.25) is 0 Å². The quantitative estimate of drug-likeness (QED) is 0.393. The molecule has 1 rings (SSSR count). The van der Waals surface area contributed by atoms with E-state index < -0.39 is 6.29 Å². The van der Waals surface area contributed by atoms with E-state index in [0.29, 0.717) is 5.57 Å². The van der Waals surface area contributed by atoms with Gasteiger partial charge in [-0.1, -0.05) is 12.7 Å². The monoisotopic (exact) mass is 194 g/mol. The van der Waals surface area contributed by atoms with Crippen molar-refractivity contribution in [3.8, 4) is 0 Å². The number of carbonyl (C=O) groups is 1. The zero-order valence-electron chi connectivity index (χ0n) is 8.66. The Bertz CT molecular complexity index is 323. The second-order valence-electron chi connectivity index (χ2n) is 3.25. The van der Waals surface area contributed by atoms with Gasteiger partial charge in [0, 0.05) is 11.1 Å². The van der Waals surface area contributed by atoms with Crippen LogP contribution >= 0.6 is 0 Å². The molecule has 0 fully saturated rings. The van der Waals surface area contributed by atoms with Crippen LogP contribution in [0, 0.1) is 0 Å². The lowest BCUT2D eigenvalue weighted by molar-refractivity contribution is -0.152. The first-order valence-electron chi connectivity index (χ1n) is 4.39. The molecule has 0 saturated carbocycles. The van der Waals surface area contributed by atoms with Crippen LogP contribution in [0.1, 0.15) is 20.8 Å². The molecule has 0 saturated heterocycles. The van der Waals surface area contributed by atoms with Crippen LogP contribution in [0.15, 0.2) is 35.6 Å². The van der Waals surface area contributed by atoms with Gasteiger partial charge < -0.3 is 9.47 Å². The third-order valence-corrected chi connectivity index (χ3v) is 2.16. The predicted molar refractivity (Wildman–Crippen MR) is 53.3 cm³/mol. The second kappa shape index (κ2) is 4.13. The largest absolute Gasteiger partial charge is 0.458 e. The third-order valence-electron chi connectivity index (χ3n) is 2.16. The van der Waals surface area contributed by atoms with Gasteiger partial charge in [-0.2, -0.15) is 0 Å². The van der Waals surface area contributed by atoms with E-state index in [1.807, 2.05) is 13.8 Å². The van der Waals surface area contributed by atoms with Crippen molar-refractivity contribution < 1.29 is 14.3 Å². The molecule has 76 valence electrons. The van der Waals surface area contributed by atoms with Crippen molar-refractivity contribution in [3.05, 3.63) is 35.6 Å². The molecule has 3 heteroatoms. The third kappa shape index (κ3) is 2.05. The van der Waals surface area contributed by atoms with Crippen LogP contribution in [0.5, 0.6) is 0 Å². The van der Waals surface area contributed by atoms with E-state index >= 15 is 0 Å². The summed E-state index contributed by atoms with van der Waals surface area (Å²) in [6, 6.07) is 0. The maximum Gasteiger partial charge on any atom is 0.337 e. The number of ether oxygens (including phenoxy) is 2. The molecular weight excluding hydrogens is 180 g/mol. The summed E-state index contributed by atoms with van der Waals surface area (Å²) in [6.45, 7) is 8.99. The summed E-state index contributed by atoms with van der Waals surface area (Å²) in [7, 11) is 0. The first-order valence-corrected chi connectivity index (χ1v) is 4.39. The van der Waals surface area contributed by atoms with Crippen LogP contribution in [0.25, 0.3) is 0 Å². The van der Waals surface area contributed by atoms with Crippen LogP contribution < -0.4 is 0 Å². The molecule has 0 aromatic rings. The average molecular weight is 194 g/mol. The lowest BCUT2D eigenvalue weighted by Gasteiger charge is -2.10. The molecule has 1 heterocycles. The summed E-state index contributed by atoms with van der Waals surface area (Å²) < 4.78 is 10.2. The van der Waals surface area contributed by atoms with E-state index in [9.17, 15) is 4.79 Å². The van der Waals surface area contributed by atoms with Crippen LogP contribution in [0.3, 0.4) is 0 Å². The second-order valence-corrected chi connectivity index (χ2v) is 3.25. The van der Waals surface area contributed by atoms with Crippen molar-refractivity contribution in [1.29, 1.82) is 0 Å². The average Bonchev–Trinajstić information content (AvgIpc) is 2.42. The topological polar surface area (TPSA) is 35.5 Å². The Hall–Kier alpha value is -1.51. The van der Waals surface area contributed by atoms with Gasteiger partial charge >= 0.3 is 5.97 Å². The van der Waals surface area contributed by atoms with E-state index in [0.717, 1.165) is 11.1 Å². The maximum absolute atomic E-state index is 11.1. The van der Waals surface area contributed by atoms with E-state index in [4.69, 9.17) is 9.47 Å². The molecule has 1 atom stereocenters. The van der Waals surface area contributed by atoms with Crippen LogP contribution in [0.2, 0.25) is 0 Å². The molecule has 0 N–H and O–H groups in total. The van der Waals surface area contributed by atoms with E-state index in [2.05, 4.69) is 6.58 Å². The minimum atomic E-state index is -0.572. The minimum absolute atomic E-state index is 0.308. The lowest BCUT2D eigenvalue weighted by atomic mass is 10.2. The van der Waals surface area contributed by atoms with Crippen molar-refractivity contribution in [3.63, 3.8) is 0 Å². The number of hydrogen-bond acceptors (Lipinski definition) is 3. The van der Waals surface area contributed by atoms with Crippen molar-refractivity contribution in [2.45, 2.75) is 27.1 Å². The van der Waals surface area contributed by atoms with Gasteiger partial charge in [-0.3, -0.25) is 0 Å². The van der Waals surface area contributed by atoms with Gasteiger partial charge in [-0.25, -0.2) is 4.79 Å². The molecule has 1 aliphatic heterocycles. The molecule has 0 bridgehead atoms. The van der Waals surface area contributed by atoms with Gasteiger partial charge in [0.1, 0.15) is 0 Å². The lowest BCUT2D eigenvalue weighted by Crippen LogP contribution is -2.12. The Morgan fingerprint density at radius 1 is 1.57 bits per heavy atom. The summed E-state index contributed by atoms with van der Waals surface area (Å²) >= 11 is 0. The van der Waals surface area contributed by atoms with Crippen molar-refractivity contribution >= 4 is 5.97 Å². The normalized spacial score (nSPS) is 22.4. The van der Waals surface area contributed by atoms with Crippen molar-refractivity contribution in [2.75, 3.05) is 0 Å². The molecule has 1 unspecified atom stereocenters. The fourth-order valence-corrected chi connectivity index (χ4v) is 0.959. The van der Waals surface area contributed by atoms with Gasteiger partial charge in [-0.05, 0) is 26.3 Å². The van der Waals surface area contributed by atoms with Crippen LogP contribution in [-0.4, -0.2) is 12.3 Å². The zero-order valence-corrected chi connectivity index (χ0v) is 8.66. The fraction of sp³-hybridized carbons (Fsp3) is 0.364. The Kier molecular flexibility index (Phi) is 3.12. The number of esters is 1. The molecule has 0 aromatic heterocycles. The highest BCUT2D eigenvalue weighted by atomic mass is 16.7. The highest BCUT2D eigenvalue weighted by Gasteiger charge is 2.28. The summed E-state index contributed by atoms with van der Waals surface area (Å²) in [4.78, 5) is 11.1. The first-order chi connectivity index (χ1) is 6.56. The highest BCUT2D eigenvalue weighted by Crippen LogP contribution is 2.23. The highest BCUT2D eigenvalue weighted by molar-refractivity contribution is 5.91. The number of carbonyl (C=O) groups excluding carboxylic acids is 1. The number of allylic oxidation sites excluding steroid dienone is 2.